The molecule has 2 unspecified atom stereocenters. The van der Waals surface area contributed by atoms with Crippen molar-refractivity contribution in [3.05, 3.63) is 11.6 Å². The first kappa shape index (κ1) is 24.3. The molecule has 0 amide bonds. The molecular weight excluding hydrogens is 424 g/mol. The SMILES string of the molecule is CC1(C(=O)O)CC[C@]2(C)CC[C@]3(C)C(=CC(=O)[C@@H]4[C@@]5(C)CCC(=O)C(C)(C)C5CC[C@]43C)[C@H]2C1. The van der Waals surface area contributed by atoms with Gasteiger partial charge in [-0.3, -0.25) is 14.4 Å². The van der Waals surface area contributed by atoms with Crippen molar-refractivity contribution in [3.8, 4) is 0 Å². The van der Waals surface area contributed by atoms with E-state index in [1.165, 1.54) is 5.57 Å². The van der Waals surface area contributed by atoms with Gasteiger partial charge in [-0.15, -0.1) is 0 Å². The fraction of sp³-hybridized carbons (Fsp3) is 0.833. The number of rotatable bonds is 1. The van der Waals surface area contributed by atoms with Crippen LogP contribution in [0.3, 0.4) is 0 Å². The van der Waals surface area contributed by atoms with Gasteiger partial charge in [-0.2, -0.15) is 0 Å². The molecule has 1 N–H and O–H groups in total. The van der Waals surface area contributed by atoms with Crippen LogP contribution in [0.5, 0.6) is 0 Å². The Morgan fingerprint density at radius 3 is 2.21 bits per heavy atom. The molecule has 5 rings (SSSR count). The quantitative estimate of drug-likeness (QED) is 0.469. The van der Waals surface area contributed by atoms with Gasteiger partial charge in [0, 0.05) is 17.8 Å². The molecule has 4 nitrogen and oxygen atoms in total. The zero-order valence-corrected chi connectivity index (χ0v) is 22.3. The summed E-state index contributed by atoms with van der Waals surface area (Å²) in [5, 5.41) is 10.0. The Morgan fingerprint density at radius 1 is 0.912 bits per heavy atom. The van der Waals surface area contributed by atoms with Gasteiger partial charge in [0.05, 0.1) is 5.41 Å². The molecule has 0 saturated heterocycles. The Morgan fingerprint density at radius 2 is 1.56 bits per heavy atom. The van der Waals surface area contributed by atoms with Gasteiger partial charge in [0.15, 0.2) is 5.78 Å². The maximum absolute atomic E-state index is 14.2. The Bertz CT molecular complexity index is 1010. The van der Waals surface area contributed by atoms with Gasteiger partial charge in [-0.25, -0.2) is 0 Å². The zero-order valence-electron chi connectivity index (χ0n) is 22.3. The summed E-state index contributed by atoms with van der Waals surface area (Å²) in [4.78, 5) is 39.3. The van der Waals surface area contributed by atoms with E-state index in [-0.39, 0.29) is 50.6 Å². The number of hydrogen-bond acceptors (Lipinski definition) is 3. The predicted octanol–water partition coefficient (Wildman–Crippen LogP) is 6.62. The standard InChI is InChI=1S/C30H44O4/c1-25(2)21-8-11-30(7)23(28(21,5)10-9-22(25)32)20(31)16-18-19-17-27(4,24(33)34)13-12-26(19,3)14-15-29(18,30)6/h16,19,21,23H,8-15,17H2,1-7H3,(H,33,34)/t19-,21?,23-,26-,27?,28+,29-,30-/m1/s1. The highest BCUT2D eigenvalue weighted by atomic mass is 16.4. The van der Waals surface area contributed by atoms with E-state index in [0.717, 1.165) is 44.9 Å². The van der Waals surface area contributed by atoms with Crippen molar-refractivity contribution < 1.29 is 19.5 Å². The van der Waals surface area contributed by atoms with Crippen molar-refractivity contribution in [1.82, 2.24) is 0 Å². The normalized spacial score (nSPS) is 52.0. The third-order valence-corrected chi connectivity index (χ3v) is 12.8. The monoisotopic (exact) mass is 468 g/mol. The molecule has 4 fully saturated rings. The van der Waals surface area contributed by atoms with Crippen LogP contribution in [-0.2, 0) is 14.4 Å². The lowest BCUT2D eigenvalue weighted by Crippen LogP contribution is -2.66. The minimum absolute atomic E-state index is 0.0707. The second-order valence-corrected chi connectivity index (χ2v) is 14.7. The van der Waals surface area contributed by atoms with Gasteiger partial charge >= 0.3 is 5.97 Å². The molecule has 34 heavy (non-hydrogen) atoms. The van der Waals surface area contributed by atoms with E-state index in [4.69, 9.17) is 0 Å². The number of carboxylic acid groups (broad SMARTS) is 1. The smallest absolute Gasteiger partial charge is 0.309 e. The van der Waals surface area contributed by atoms with Crippen LogP contribution in [-0.4, -0.2) is 22.6 Å². The highest BCUT2D eigenvalue weighted by Crippen LogP contribution is 2.74. The summed E-state index contributed by atoms with van der Waals surface area (Å²) in [7, 11) is 0. The van der Waals surface area contributed by atoms with E-state index < -0.39 is 11.4 Å². The summed E-state index contributed by atoms with van der Waals surface area (Å²) in [5.41, 5.74) is -0.205. The fourth-order valence-electron chi connectivity index (χ4n) is 10.2. The second kappa shape index (κ2) is 6.85. The summed E-state index contributed by atoms with van der Waals surface area (Å²) in [5.74, 6) is 0.222. The number of Topliss-reactive ketones (excluding diaryl/α,β-unsaturated/α-hetero) is 1. The van der Waals surface area contributed by atoms with E-state index in [9.17, 15) is 19.5 Å². The third-order valence-electron chi connectivity index (χ3n) is 12.8. The molecule has 0 aromatic heterocycles. The minimum atomic E-state index is -0.721. The topological polar surface area (TPSA) is 71.4 Å². The predicted molar refractivity (Wildman–Crippen MR) is 132 cm³/mol. The zero-order chi connectivity index (χ0) is 25.1. The highest BCUT2D eigenvalue weighted by Gasteiger charge is 2.70. The summed E-state index contributed by atoms with van der Waals surface area (Å²) in [6.45, 7) is 15.5. The summed E-state index contributed by atoms with van der Waals surface area (Å²) in [6, 6.07) is 0. The van der Waals surface area contributed by atoms with Gasteiger partial charge < -0.3 is 5.11 Å². The van der Waals surface area contributed by atoms with E-state index >= 15 is 0 Å². The third kappa shape index (κ3) is 2.75. The number of carbonyl (C=O) groups excluding carboxylic acids is 2. The lowest BCUT2D eigenvalue weighted by Gasteiger charge is -2.69. The molecule has 4 heteroatoms. The summed E-state index contributed by atoms with van der Waals surface area (Å²) >= 11 is 0. The summed E-state index contributed by atoms with van der Waals surface area (Å²) in [6.07, 6.45) is 9.78. The molecule has 0 radical (unpaired) electrons. The number of hydrogen-bond donors (Lipinski definition) is 1. The van der Waals surface area contributed by atoms with Crippen LogP contribution >= 0.6 is 0 Å². The number of carbonyl (C=O) groups is 3. The van der Waals surface area contributed by atoms with Crippen molar-refractivity contribution in [2.75, 3.05) is 0 Å². The maximum Gasteiger partial charge on any atom is 0.309 e. The van der Waals surface area contributed by atoms with Gasteiger partial charge in [0.25, 0.3) is 0 Å². The van der Waals surface area contributed by atoms with Crippen LogP contribution in [0.2, 0.25) is 0 Å². The van der Waals surface area contributed by atoms with E-state index in [2.05, 4.69) is 41.5 Å². The number of allylic oxidation sites excluding steroid dienone is 2. The van der Waals surface area contributed by atoms with Crippen LogP contribution < -0.4 is 0 Å². The van der Waals surface area contributed by atoms with E-state index in [1.807, 2.05) is 13.0 Å². The highest BCUT2D eigenvalue weighted by molar-refractivity contribution is 5.96. The number of fused-ring (bicyclic) bond motifs is 7. The maximum atomic E-state index is 14.2. The van der Waals surface area contributed by atoms with Crippen molar-refractivity contribution in [2.24, 2.45) is 50.2 Å². The van der Waals surface area contributed by atoms with Gasteiger partial charge in [-0.1, -0.05) is 47.1 Å². The molecule has 0 aromatic rings. The molecule has 0 bridgehead atoms. The molecule has 0 aliphatic heterocycles. The molecule has 0 spiro atoms. The Balaban J connectivity index is 1.63. The van der Waals surface area contributed by atoms with Crippen molar-refractivity contribution in [3.63, 3.8) is 0 Å². The second-order valence-electron chi connectivity index (χ2n) is 14.7. The van der Waals surface area contributed by atoms with Crippen LogP contribution in [0, 0.1) is 50.2 Å². The molecule has 0 aromatic carbocycles. The lowest BCUT2D eigenvalue weighted by atomic mass is 9.33. The average molecular weight is 469 g/mol. The van der Waals surface area contributed by atoms with Crippen molar-refractivity contribution >= 4 is 17.5 Å². The largest absolute Gasteiger partial charge is 0.481 e. The molecule has 4 saturated carbocycles. The number of aliphatic carboxylic acids is 1. The molecule has 8 atom stereocenters. The van der Waals surface area contributed by atoms with Crippen LogP contribution in [0.15, 0.2) is 11.6 Å². The number of ketones is 2. The number of carboxylic acids is 1. The van der Waals surface area contributed by atoms with Gasteiger partial charge in [0.1, 0.15) is 5.78 Å². The average Bonchev–Trinajstić information content (AvgIpc) is 2.73. The van der Waals surface area contributed by atoms with Gasteiger partial charge in [-0.05, 0) is 97.9 Å². The molecule has 188 valence electrons. The first-order valence-electron chi connectivity index (χ1n) is 13.6. The molecule has 5 aliphatic rings. The molecule has 0 heterocycles. The lowest BCUT2D eigenvalue weighted by molar-refractivity contribution is -0.188. The first-order chi connectivity index (χ1) is 15.6. The Hall–Kier alpha value is -1.45. The Labute approximate surface area is 205 Å². The van der Waals surface area contributed by atoms with Crippen molar-refractivity contribution in [2.45, 2.75) is 106 Å². The fourth-order valence-corrected chi connectivity index (χ4v) is 10.2. The van der Waals surface area contributed by atoms with Crippen LogP contribution in [0.1, 0.15) is 106 Å². The van der Waals surface area contributed by atoms with Crippen LogP contribution in [0.4, 0.5) is 0 Å². The Kier molecular flexibility index (Phi) is 4.89. The van der Waals surface area contributed by atoms with Gasteiger partial charge in [0.2, 0.25) is 0 Å². The van der Waals surface area contributed by atoms with E-state index in [0.29, 0.717) is 18.6 Å². The molecule has 5 aliphatic carbocycles. The minimum Gasteiger partial charge on any atom is -0.481 e. The molecular formula is C30H44O4. The summed E-state index contributed by atoms with van der Waals surface area (Å²) < 4.78 is 0. The van der Waals surface area contributed by atoms with Crippen LogP contribution in [0.25, 0.3) is 0 Å². The van der Waals surface area contributed by atoms with E-state index in [1.54, 1.807) is 0 Å². The first-order valence-corrected chi connectivity index (χ1v) is 13.6. The van der Waals surface area contributed by atoms with Crippen molar-refractivity contribution in [1.29, 1.82) is 0 Å².